The smallest absolute Gasteiger partial charge is 0.183 e. The van der Waals surface area contributed by atoms with Gasteiger partial charge in [-0.2, -0.15) is 0 Å². The van der Waals surface area contributed by atoms with Gasteiger partial charge in [-0.05, 0) is 83.9 Å². The fourth-order valence-electron chi connectivity index (χ4n) is 15.8. The Bertz CT molecular complexity index is 7220. The van der Waals surface area contributed by atoms with E-state index >= 15 is 0 Å². The van der Waals surface area contributed by atoms with Gasteiger partial charge in [0.2, 0.25) is 0 Å². The minimum atomic E-state index is 0.522. The molecule has 8 aromatic heterocycles. The zero-order valence-corrected chi connectivity index (χ0v) is 61.7. The summed E-state index contributed by atoms with van der Waals surface area (Å²) < 4.78 is 9.78. The van der Waals surface area contributed by atoms with Gasteiger partial charge in [-0.1, -0.05) is 297 Å². The Morgan fingerprint density at radius 3 is 1.18 bits per heavy atom. The highest BCUT2D eigenvalue weighted by Gasteiger charge is 2.26. The van der Waals surface area contributed by atoms with Crippen LogP contribution in [0.5, 0.6) is 0 Å². The highest BCUT2D eigenvalue weighted by Crippen LogP contribution is 2.49. The van der Waals surface area contributed by atoms with Gasteiger partial charge in [0, 0.05) is 120 Å². The Morgan fingerprint density at radius 2 is 0.652 bits per heavy atom. The average molecular weight is 1470 g/mol. The molecular formula is C100H62N10S2. The monoisotopic (exact) mass is 1470 g/mol. The topological polar surface area (TPSA) is 113 Å². The number of benzene rings is 14. The van der Waals surface area contributed by atoms with Crippen molar-refractivity contribution in [3.63, 3.8) is 0 Å². The fourth-order valence-corrected chi connectivity index (χ4v) is 18.3. The van der Waals surface area contributed by atoms with Crippen LogP contribution in [0.2, 0.25) is 0 Å². The molecule has 0 amide bonds. The summed E-state index contributed by atoms with van der Waals surface area (Å²) >= 11 is 3.69. The lowest BCUT2D eigenvalue weighted by Crippen LogP contribution is -2.03. The van der Waals surface area contributed by atoms with E-state index < -0.39 is 0 Å². The molecule has 10 nitrogen and oxygen atoms in total. The van der Waals surface area contributed by atoms with Crippen LogP contribution >= 0.6 is 22.7 Å². The van der Waals surface area contributed by atoms with Gasteiger partial charge in [0.15, 0.2) is 34.9 Å². The molecule has 0 aliphatic carbocycles. The van der Waals surface area contributed by atoms with Crippen molar-refractivity contribution in [1.82, 2.24) is 49.0 Å². The largest absolute Gasteiger partial charge is 0.308 e. The summed E-state index contributed by atoms with van der Waals surface area (Å²) in [4.78, 5) is 41.2. The Morgan fingerprint density at radius 1 is 0.223 bits per heavy atom. The van der Waals surface area contributed by atoms with Gasteiger partial charge < -0.3 is 9.13 Å². The first-order chi connectivity index (χ1) is 55.5. The summed E-state index contributed by atoms with van der Waals surface area (Å²) in [6.07, 6.45) is 1.96. The molecule has 14 aromatic carbocycles. The molecule has 0 aliphatic heterocycles. The van der Waals surface area contributed by atoms with Crippen molar-refractivity contribution in [3.05, 3.63) is 376 Å². The second-order valence-corrected chi connectivity index (χ2v) is 29.8. The molecule has 22 rings (SSSR count). The van der Waals surface area contributed by atoms with Gasteiger partial charge in [-0.25, -0.2) is 34.9 Å². The first-order valence-electron chi connectivity index (χ1n) is 37.3. The van der Waals surface area contributed by atoms with Gasteiger partial charge in [0.05, 0.1) is 42.9 Å². The number of pyridine rings is 2. The number of hydrogen-bond donors (Lipinski definition) is 0. The maximum absolute atomic E-state index is 5.41. The van der Waals surface area contributed by atoms with Crippen LogP contribution in [0.15, 0.2) is 376 Å². The van der Waals surface area contributed by atoms with E-state index in [0.717, 1.165) is 84.0 Å². The van der Waals surface area contributed by atoms with Crippen molar-refractivity contribution >= 4 is 107 Å². The van der Waals surface area contributed by atoms with Crippen LogP contribution in [-0.4, -0.2) is 49.0 Å². The van der Waals surface area contributed by atoms with Crippen LogP contribution in [0.4, 0.5) is 0 Å². The van der Waals surface area contributed by atoms with Crippen LogP contribution in [-0.2, 0) is 0 Å². The van der Waals surface area contributed by atoms with E-state index in [-0.39, 0.29) is 0 Å². The predicted molar refractivity (Wildman–Crippen MR) is 464 cm³/mol. The number of para-hydroxylation sites is 4. The zero-order valence-electron chi connectivity index (χ0n) is 60.1. The molecule has 0 N–H and O–H groups in total. The molecule has 0 unspecified atom stereocenters. The summed E-state index contributed by atoms with van der Waals surface area (Å²) in [7, 11) is 0. The van der Waals surface area contributed by atoms with Crippen molar-refractivity contribution in [2.75, 3.05) is 0 Å². The van der Waals surface area contributed by atoms with Crippen molar-refractivity contribution in [1.29, 1.82) is 0 Å². The maximum atomic E-state index is 5.41. The average Bonchev–Trinajstić information content (AvgIpc) is 1.56. The zero-order chi connectivity index (χ0) is 74.0. The van der Waals surface area contributed by atoms with Gasteiger partial charge in [0.25, 0.3) is 0 Å². The number of nitrogens with zero attached hydrogens (tertiary/aromatic N) is 10. The maximum Gasteiger partial charge on any atom is 0.183 e. The molecule has 524 valence electrons. The van der Waals surface area contributed by atoms with Crippen molar-refractivity contribution in [2.45, 2.75) is 0 Å². The lowest BCUT2D eigenvalue weighted by Gasteiger charge is -2.14. The third-order valence-electron chi connectivity index (χ3n) is 21.0. The minimum Gasteiger partial charge on any atom is -0.308 e. The van der Waals surface area contributed by atoms with E-state index in [1.54, 1.807) is 0 Å². The summed E-state index contributed by atoms with van der Waals surface area (Å²) in [5.41, 5.74) is 20.2. The third kappa shape index (κ3) is 11.6. The Balaban J connectivity index is 0.000000141. The highest BCUT2D eigenvalue weighted by molar-refractivity contribution is 7.27. The number of fused-ring (bicyclic) bond motifs is 14. The molecule has 0 bridgehead atoms. The second-order valence-electron chi connectivity index (χ2n) is 27.7. The van der Waals surface area contributed by atoms with Gasteiger partial charge in [-0.3, -0.25) is 4.98 Å². The van der Waals surface area contributed by atoms with E-state index in [9.17, 15) is 0 Å². The van der Waals surface area contributed by atoms with E-state index in [0.29, 0.717) is 40.6 Å². The highest BCUT2D eigenvalue weighted by atomic mass is 32.1. The fraction of sp³-hybridized carbons (Fsp3) is 0. The van der Waals surface area contributed by atoms with E-state index in [1.165, 1.54) is 84.0 Å². The van der Waals surface area contributed by atoms with E-state index in [4.69, 9.17) is 39.9 Å². The summed E-state index contributed by atoms with van der Waals surface area (Å²) in [6, 6.07) is 129. The normalized spacial score (nSPS) is 11.6. The molecule has 0 spiro atoms. The standard InChI is InChI=1S/2C50H31N5S/c1-5-16-32(17-6-1)41-31-30-38(45(51-41)50-53-48(33-18-7-2-8-19-33)52-49(54-50)34-20-9-3-10-21-34)37-25-15-27-43-44(37)40-29-28-39-36-24-13-14-26-42(36)55(46(39)47(40)56-43)35-22-11-4-12-23-35;1-5-15-32(16-6-1)36-30-42(50-53-48(33-17-7-2-8-18-33)52-49(54-50)34-19-9-3-10-20-34)45(51-31-36)35-25-28-44-41(29-35)40-27-26-39-38-23-13-14-24-43(38)55(46(39)47(40)56-44)37-21-11-4-12-22-37/h2*1-31H. The number of rotatable bonds is 12. The molecule has 0 fully saturated rings. The Hall–Kier alpha value is -14.6. The van der Waals surface area contributed by atoms with Crippen LogP contribution in [0.1, 0.15) is 0 Å². The molecule has 12 heteroatoms. The molecule has 0 radical (unpaired) electrons. The molecule has 0 aliphatic rings. The lowest BCUT2D eigenvalue weighted by atomic mass is 9.96. The molecule has 22 aromatic rings. The summed E-state index contributed by atoms with van der Waals surface area (Å²) in [5.74, 6) is 3.52. The van der Waals surface area contributed by atoms with Crippen LogP contribution in [0.3, 0.4) is 0 Å². The van der Waals surface area contributed by atoms with Gasteiger partial charge in [-0.15, -0.1) is 22.7 Å². The van der Waals surface area contributed by atoms with Crippen LogP contribution < -0.4 is 0 Å². The van der Waals surface area contributed by atoms with E-state index in [2.05, 4.69) is 234 Å². The summed E-state index contributed by atoms with van der Waals surface area (Å²) in [6.45, 7) is 0. The molecule has 0 atom stereocenters. The number of thiophene rings is 2. The summed E-state index contributed by atoms with van der Waals surface area (Å²) in [5, 5.41) is 9.80. The second kappa shape index (κ2) is 27.9. The quantitative estimate of drug-likeness (QED) is 0.119. The number of hydrogen-bond acceptors (Lipinski definition) is 10. The lowest BCUT2D eigenvalue weighted by molar-refractivity contribution is 1.06. The molecule has 0 saturated carbocycles. The van der Waals surface area contributed by atoms with Crippen molar-refractivity contribution in [3.8, 4) is 125 Å². The van der Waals surface area contributed by atoms with Crippen LogP contribution in [0, 0.1) is 0 Å². The van der Waals surface area contributed by atoms with Crippen molar-refractivity contribution in [2.24, 2.45) is 0 Å². The van der Waals surface area contributed by atoms with Crippen molar-refractivity contribution < 1.29 is 0 Å². The molecule has 0 saturated heterocycles. The molecule has 8 heterocycles. The number of aromatic nitrogens is 10. The van der Waals surface area contributed by atoms with E-state index in [1.807, 2.05) is 174 Å². The minimum absolute atomic E-state index is 0.522. The van der Waals surface area contributed by atoms with Gasteiger partial charge >= 0.3 is 0 Å². The first kappa shape index (κ1) is 65.7. The molecule has 112 heavy (non-hydrogen) atoms. The first-order valence-corrected chi connectivity index (χ1v) is 38.9. The predicted octanol–water partition coefficient (Wildman–Crippen LogP) is 26.1. The van der Waals surface area contributed by atoms with Crippen LogP contribution in [0.25, 0.3) is 209 Å². The van der Waals surface area contributed by atoms with Gasteiger partial charge in [0.1, 0.15) is 5.69 Å². The Labute approximate surface area is 652 Å². The SMILES string of the molecule is c1ccc(-c2ccc(-c3cccc4sc5c(ccc6c7ccccc7n(-c7ccccc7)c65)c34)c(-c3nc(-c4ccccc4)nc(-c4ccccc4)n3)n2)cc1.c1ccc(-c2cnc(-c3ccc4sc5c(ccc6c7ccccc7n(-c7ccccc7)c65)c4c3)c(-c3nc(-c4ccccc4)nc(-c4ccccc4)n3)c2)cc1. The Kier molecular flexibility index (Phi) is 16.4. The molecular weight excluding hydrogens is 1410 g/mol. The third-order valence-corrected chi connectivity index (χ3v) is 23.3.